The van der Waals surface area contributed by atoms with E-state index in [9.17, 15) is 0 Å². The molecule has 8 aliphatic carbocycles. The zero-order chi connectivity index (χ0) is 33.5. The van der Waals surface area contributed by atoms with Crippen molar-refractivity contribution < 1.29 is 0 Å². The lowest BCUT2D eigenvalue weighted by Gasteiger charge is -2.58. The molecule has 8 fully saturated rings. The monoisotopic (exact) mass is 659 g/mol. The lowest BCUT2D eigenvalue weighted by molar-refractivity contribution is -0.0964. The Labute approximate surface area is 300 Å². The van der Waals surface area contributed by atoms with Gasteiger partial charge < -0.3 is 0 Å². The highest BCUT2D eigenvalue weighted by atomic mass is 14.8. The van der Waals surface area contributed by atoms with Crippen molar-refractivity contribution in [1.29, 1.82) is 0 Å². The van der Waals surface area contributed by atoms with E-state index in [1.807, 2.05) is 0 Å². The van der Waals surface area contributed by atoms with Crippen LogP contribution in [0.4, 0.5) is 0 Å². The van der Waals surface area contributed by atoms with E-state index in [1.165, 1.54) is 32.1 Å². The van der Waals surface area contributed by atoms with Crippen LogP contribution >= 0.6 is 0 Å². The normalized spacial score (nSPS) is 50.9. The summed E-state index contributed by atoms with van der Waals surface area (Å²) < 4.78 is 0. The van der Waals surface area contributed by atoms with Crippen molar-refractivity contribution in [1.82, 2.24) is 0 Å². The van der Waals surface area contributed by atoms with E-state index in [2.05, 4.69) is 55.4 Å². The Kier molecular flexibility index (Phi) is 9.82. The summed E-state index contributed by atoms with van der Waals surface area (Å²) in [5.74, 6) is 18.5. The van der Waals surface area contributed by atoms with Gasteiger partial charge in [-0.05, 0) is 175 Å². The molecule has 15 unspecified atom stereocenters. The molecule has 8 aliphatic rings. The smallest absolute Gasteiger partial charge is 0.0227 e. The van der Waals surface area contributed by atoms with Crippen LogP contribution in [0.2, 0.25) is 0 Å². The van der Waals surface area contributed by atoms with E-state index in [4.69, 9.17) is 0 Å². The van der Waals surface area contributed by atoms with Crippen LogP contribution in [-0.2, 0) is 0 Å². The number of hydrogen-bond donors (Lipinski definition) is 0. The molecule has 8 saturated carbocycles. The summed E-state index contributed by atoms with van der Waals surface area (Å²) in [6, 6.07) is 0. The molecular formula is C48H82. The Bertz CT molecular complexity index is 1070. The van der Waals surface area contributed by atoms with Gasteiger partial charge in [-0.25, -0.2) is 0 Å². The molecule has 1 spiro atoms. The van der Waals surface area contributed by atoms with Gasteiger partial charge in [0.15, 0.2) is 0 Å². The van der Waals surface area contributed by atoms with Crippen molar-refractivity contribution in [2.45, 2.75) is 184 Å². The molecule has 0 aromatic carbocycles. The lowest BCUT2D eigenvalue weighted by Crippen LogP contribution is -2.51. The maximum absolute atomic E-state index is 2.87. The van der Waals surface area contributed by atoms with Gasteiger partial charge in [-0.2, -0.15) is 0 Å². The molecule has 0 aromatic heterocycles. The fourth-order valence-electron chi connectivity index (χ4n) is 18.6. The van der Waals surface area contributed by atoms with E-state index in [0.29, 0.717) is 10.8 Å². The summed E-state index contributed by atoms with van der Waals surface area (Å²) in [6.07, 6.45) is 31.3. The number of rotatable bonds is 7. The van der Waals surface area contributed by atoms with Gasteiger partial charge in [-0.3, -0.25) is 0 Å². The van der Waals surface area contributed by atoms with E-state index in [1.54, 1.807) is 96.3 Å². The fraction of sp³-hybridized carbons (Fsp3) is 1.00. The van der Waals surface area contributed by atoms with Gasteiger partial charge in [-0.15, -0.1) is 0 Å². The molecule has 15 atom stereocenters. The predicted octanol–water partition coefficient (Wildman–Crippen LogP) is 14.1. The first-order valence-corrected chi connectivity index (χ1v) is 23.2. The third kappa shape index (κ3) is 5.27. The van der Waals surface area contributed by atoms with E-state index in [-0.39, 0.29) is 0 Å². The second-order valence-electron chi connectivity index (χ2n) is 21.8. The molecule has 0 bridgehead atoms. The molecule has 0 aliphatic heterocycles. The number of hydrogen-bond acceptors (Lipinski definition) is 0. The molecule has 0 N–H and O–H groups in total. The summed E-state index contributed by atoms with van der Waals surface area (Å²) in [4.78, 5) is 0. The maximum Gasteiger partial charge on any atom is -0.0227 e. The van der Waals surface area contributed by atoms with Gasteiger partial charge in [0.2, 0.25) is 0 Å². The molecular weight excluding hydrogens is 577 g/mol. The van der Waals surface area contributed by atoms with Crippen LogP contribution in [0.3, 0.4) is 0 Å². The summed E-state index contributed by atoms with van der Waals surface area (Å²) in [6.45, 7) is 21.5. The fourth-order valence-corrected chi connectivity index (χ4v) is 18.6. The third-order valence-corrected chi connectivity index (χ3v) is 20.2. The Morgan fingerprint density at radius 2 is 1.10 bits per heavy atom. The Morgan fingerprint density at radius 1 is 0.521 bits per heavy atom. The largest absolute Gasteiger partial charge is 0.0651 e. The van der Waals surface area contributed by atoms with Crippen LogP contribution < -0.4 is 0 Å². The molecule has 0 heterocycles. The van der Waals surface area contributed by atoms with Crippen LogP contribution in [0.1, 0.15) is 184 Å². The summed E-state index contributed by atoms with van der Waals surface area (Å²) in [5.41, 5.74) is 1.21. The van der Waals surface area contributed by atoms with Gasteiger partial charge in [0.05, 0.1) is 0 Å². The predicted molar refractivity (Wildman–Crippen MR) is 205 cm³/mol. The lowest BCUT2D eigenvalue weighted by atomic mass is 9.46. The second kappa shape index (κ2) is 13.4. The van der Waals surface area contributed by atoms with Crippen molar-refractivity contribution in [2.75, 3.05) is 0 Å². The van der Waals surface area contributed by atoms with Crippen LogP contribution in [0.15, 0.2) is 0 Å². The first-order chi connectivity index (χ1) is 23.2. The van der Waals surface area contributed by atoms with E-state index >= 15 is 0 Å². The molecule has 0 nitrogen and oxygen atoms in total. The van der Waals surface area contributed by atoms with Gasteiger partial charge in [0.1, 0.15) is 0 Å². The highest BCUT2D eigenvalue weighted by molar-refractivity contribution is 5.21. The van der Waals surface area contributed by atoms with Gasteiger partial charge in [0.25, 0.3) is 0 Å². The van der Waals surface area contributed by atoms with Crippen LogP contribution in [0, 0.1) is 117 Å². The third-order valence-electron chi connectivity index (χ3n) is 20.2. The van der Waals surface area contributed by atoms with Crippen molar-refractivity contribution in [3.8, 4) is 0 Å². The van der Waals surface area contributed by atoms with E-state index < -0.39 is 0 Å². The average molecular weight is 659 g/mol. The molecule has 48 heavy (non-hydrogen) atoms. The zero-order valence-corrected chi connectivity index (χ0v) is 33.5. The van der Waals surface area contributed by atoms with Crippen LogP contribution in [-0.4, -0.2) is 0 Å². The average Bonchev–Trinajstić information content (AvgIpc) is 3.48. The highest BCUT2D eigenvalue weighted by Gasteiger charge is 2.73. The molecule has 0 amide bonds. The molecule has 0 saturated heterocycles. The quantitative estimate of drug-likeness (QED) is 0.255. The SMILES string of the molecule is CCC(CC)C1CC(C(CC)CC)CC2(C1)C1CC3CCCCC3CC1C1C3C4CCC5CCCCC5C4C(C)(C)C3CC(C(C)C)C12. The summed E-state index contributed by atoms with van der Waals surface area (Å²) in [5, 5.41) is 0. The maximum atomic E-state index is 2.87. The summed E-state index contributed by atoms with van der Waals surface area (Å²) >= 11 is 0. The van der Waals surface area contributed by atoms with Crippen molar-refractivity contribution >= 4 is 0 Å². The van der Waals surface area contributed by atoms with Gasteiger partial charge >= 0.3 is 0 Å². The van der Waals surface area contributed by atoms with Gasteiger partial charge in [0, 0.05) is 0 Å². The standard InChI is InChI=1S/C48H82/c1-9-30(10-2)35-23-36(31(11-3)12-4)28-48(27-35)41-25-34-19-14-13-18-33(34)24-40(41)44-43-38-22-21-32-17-15-16-20-37(32)45(38)47(7,8)42(43)26-39(29(5)6)46(44)48/h29-46H,9-28H2,1-8H3. The minimum Gasteiger partial charge on any atom is -0.0651 e. The van der Waals surface area contributed by atoms with Crippen molar-refractivity contribution in [3.05, 3.63) is 0 Å². The topological polar surface area (TPSA) is 0 Å². The zero-order valence-electron chi connectivity index (χ0n) is 33.5. The van der Waals surface area contributed by atoms with E-state index in [0.717, 1.165) is 107 Å². The van der Waals surface area contributed by atoms with Crippen LogP contribution in [0.25, 0.3) is 0 Å². The molecule has 8 rings (SSSR count). The van der Waals surface area contributed by atoms with Crippen LogP contribution in [0.5, 0.6) is 0 Å². The Morgan fingerprint density at radius 3 is 1.71 bits per heavy atom. The first kappa shape index (κ1) is 35.1. The molecule has 0 radical (unpaired) electrons. The molecule has 0 heteroatoms. The highest BCUT2D eigenvalue weighted by Crippen LogP contribution is 2.79. The minimum atomic E-state index is 0.560. The molecule has 0 aromatic rings. The summed E-state index contributed by atoms with van der Waals surface area (Å²) in [7, 11) is 0. The van der Waals surface area contributed by atoms with Crippen molar-refractivity contribution in [3.63, 3.8) is 0 Å². The van der Waals surface area contributed by atoms with Gasteiger partial charge in [-0.1, -0.05) is 126 Å². The van der Waals surface area contributed by atoms with Crippen molar-refractivity contribution in [2.24, 2.45) is 117 Å². The minimum absolute atomic E-state index is 0.560. The second-order valence-corrected chi connectivity index (χ2v) is 21.8. The molecule has 274 valence electrons. The number of fused-ring (bicyclic) bond motifs is 12. The Balaban J connectivity index is 1.27. The first-order valence-electron chi connectivity index (χ1n) is 23.2. The Hall–Kier alpha value is 0.